The van der Waals surface area contributed by atoms with Crippen LogP contribution in [0.3, 0.4) is 0 Å². The van der Waals surface area contributed by atoms with Crippen molar-refractivity contribution in [1.82, 2.24) is 5.32 Å². The van der Waals surface area contributed by atoms with Crippen molar-refractivity contribution < 1.29 is 13.6 Å². The summed E-state index contributed by atoms with van der Waals surface area (Å²) >= 11 is 0.490. The van der Waals surface area contributed by atoms with E-state index in [1.807, 2.05) is 0 Å². The zero-order valence-corrected chi connectivity index (χ0v) is 12.3. The van der Waals surface area contributed by atoms with Crippen molar-refractivity contribution in [3.05, 3.63) is 29.8 Å². The van der Waals surface area contributed by atoms with E-state index in [0.29, 0.717) is 28.1 Å². The molecule has 1 aromatic carbocycles. The monoisotopic (exact) mass is 299 g/mol. The van der Waals surface area contributed by atoms with Gasteiger partial charge in [0.05, 0.1) is 0 Å². The molecule has 1 aromatic rings. The van der Waals surface area contributed by atoms with Crippen LogP contribution in [0.15, 0.2) is 29.2 Å². The third-order valence-electron chi connectivity index (χ3n) is 3.77. The van der Waals surface area contributed by atoms with Gasteiger partial charge in [-0.3, -0.25) is 4.79 Å². The maximum absolute atomic E-state index is 12.2. The molecule has 1 amide bonds. The Hall–Kier alpha value is -1.10. The normalized spacial score (nSPS) is 22.8. The molecule has 1 fully saturated rings. The molecule has 1 saturated carbocycles. The van der Waals surface area contributed by atoms with Crippen molar-refractivity contribution in [3.8, 4) is 0 Å². The van der Waals surface area contributed by atoms with E-state index in [1.165, 1.54) is 6.42 Å². The van der Waals surface area contributed by atoms with Gasteiger partial charge < -0.3 is 5.32 Å². The van der Waals surface area contributed by atoms with Gasteiger partial charge in [-0.05, 0) is 43.0 Å². The molecule has 0 bridgehead atoms. The summed E-state index contributed by atoms with van der Waals surface area (Å²) in [6.45, 7) is 2.16. The number of amides is 1. The Bertz CT molecular complexity index is 450. The minimum atomic E-state index is -2.43. The quantitative estimate of drug-likeness (QED) is 0.839. The van der Waals surface area contributed by atoms with Crippen LogP contribution >= 0.6 is 11.8 Å². The maximum atomic E-state index is 12.2. The van der Waals surface area contributed by atoms with Crippen LogP contribution in [0.25, 0.3) is 0 Å². The lowest BCUT2D eigenvalue weighted by Crippen LogP contribution is -2.41. The lowest BCUT2D eigenvalue weighted by molar-refractivity contribution is 0.0910. The van der Waals surface area contributed by atoms with Crippen LogP contribution in [0, 0.1) is 5.92 Å². The molecular formula is C15H19F2NOS. The van der Waals surface area contributed by atoms with Gasteiger partial charge in [-0.15, -0.1) is 0 Å². The molecule has 0 radical (unpaired) electrons. The molecule has 2 nitrogen and oxygen atoms in total. The fraction of sp³-hybridized carbons (Fsp3) is 0.533. The minimum absolute atomic E-state index is 0.114. The standard InChI is InChI=1S/C15H19F2NOS/c1-10-4-2-3-5-13(10)18-14(19)11-6-8-12(9-7-11)20-15(16)17/h6-10,13,15H,2-5H2,1H3,(H,18,19). The molecule has 2 atom stereocenters. The largest absolute Gasteiger partial charge is 0.349 e. The summed E-state index contributed by atoms with van der Waals surface area (Å²) in [6, 6.07) is 6.57. The van der Waals surface area contributed by atoms with Crippen molar-refractivity contribution in [1.29, 1.82) is 0 Å². The second kappa shape index (κ2) is 7.07. The second-order valence-corrected chi connectivity index (χ2v) is 6.31. The number of nitrogens with one attached hydrogen (secondary N) is 1. The molecule has 5 heteroatoms. The molecule has 1 N–H and O–H groups in total. The average Bonchev–Trinajstić information content (AvgIpc) is 2.41. The zero-order valence-electron chi connectivity index (χ0n) is 11.4. The average molecular weight is 299 g/mol. The summed E-state index contributed by atoms with van der Waals surface area (Å²) in [7, 11) is 0. The first kappa shape index (κ1) is 15.3. The molecule has 2 unspecified atom stereocenters. The third-order valence-corrected chi connectivity index (χ3v) is 4.49. The van der Waals surface area contributed by atoms with E-state index in [4.69, 9.17) is 0 Å². The lowest BCUT2D eigenvalue weighted by atomic mass is 9.86. The van der Waals surface area contributed by atoms with E-state index >= 15 is 0 Å². The van der Waals surface area contributed by atoms with Crippen LogP contribution in [0.5, 0.6) is 0 Å². The molecule has 0 saturated heterocycles. The van der Waals surface area contributed by atoms with E-state index in [2.05, 4.69) is 12.2 Å². The Kier molecular flexibility index (Phi) is 5.40. The molecule has 1 aliphatic carbocycles. The van der Waals surface area contributed by atoms with Crippen molar-refractivity contribution in [2.75, 3.05) is 0 Å². The Labute approximate surface area is 122 Å². The number of rotatable bonds is 4. The SMILES string of the molecule is CC1CCCCC1NC(=O)c1ccc(SC(F)F)cc1. The number of halogens is 2. The van der Waals surface area contributed by atoms with E-state index in [9.17, 15) is 13.6 Å². The molecule has 0 aliphatic heterocycles. The highest BCUT2D eigenvalue weighted by Gasteiger charge is 2.23. The Morgan fingerprint density at radius 3 is 2.50 bits per heavy atom. The zero-order chi connectivity index (χ0) is 14.5. The van der Waals surface area contributed by atoms with Crippen LogP contribution in [0.4, 0.5) is 8.78 Å². The van der Waals surface area contributed by atoms with Gasteiger partial charge in [0, 0.05) is 16.5 Å². The second-order valence-electron chi connectivity index (χ2n) is 5.24. The van der Waals surface area contributed by atoms with Crippen molar-refractivity contribution >= 4 is 17.7 Å². The first-order valence-electron chi connectivity index (χ1n) is 6.92. The molecule has 0 spiro atoms. The molecule has 110 valence electrons. The van der Waals surface area contributed by atoms with Gasteiger partial charge >= 0.3 is 0 Å². The number of hydrogen-bond acceptors (Lipinski definition) is 2. The van der Waals surface area contributed by atoms with Crippen molar-refractivity contribution in [2.24, 2.45) is 5.92 Å². The first-order valence-corrected chi connectivity index (χ1v) is 7.80. The van der Waals surface area contributed by atoms with E-state index in [-0.39, 0.29) is 11.9 Å². The number of benzene rings is 1. The molecule has 1 aliphatic rings. The fourth-order valence-electron chi connectivity index (χ4n) is 2.57. The van der Waals surface area contributed by atoms with Gasteiger partial charge in [0.25, 0.3) is 11.7 Å². The number of hydrogen-bond donors (Lipinski definition) is 1. The molecular weight excluding hydrogens is 280 g/mol. The van der Waals surface area contributed by atoms with Crippen LogP contribution in [-0.2, 0) is 0 Å². The number of thioether (sulfide) groups is 1. The number of alkyl halides is 2. The maximum Gasteiger partial charge on any atom is 0.288 e. The van der Waals surface area contributed by atoms with Gasteiger partial charge in [-0.1, -0.05) is 31.5 Å². The fourth-order valence-corrected chi connectivity index (χ4v) is 3.07. The van der Waals surface area contributed by atoms with Crippen LogP contribution in [0.2, 0.25) is 0 Å². The summed E-state index contributed by atoms with van der Waals surface area (Å²) < 4.78 is 24.4. The van der Waals surface area contributed by atoms with E-state index < -0.39 is 5.76 Å². The third kappa shape index (κ3) is 4.20. The predicted octanol–water partition coefficient (Wildman–Crippen LogP) is 4.31. The highest BCUT2D eigenvalue weighted by atomic mass is 32.2. The number of carbonyl (C=O) groups excluding carboxylic acids is 1. The topological polar surface area (TPSA) is 29.1 Å². The molecule has 2 rings (SSSR count). The van der Waals surface area contributed by atoms with Crippen molar-refractivity contribution in [2.45, 2.75) is 49.3 Å². The van der Waals surface area contributed by atoms with Gasteiger partial charge in [-0.25, -0.2) is 0 Å². The minimum Gasteiger partial charge on any atom is -0.349 e. The highest BCUT2D eigenvalue weighted by molar-refractivity contribution is 7.99. The first-order chi connectivity index (χ1) is 9.56. The summed E-state index contributed by atoms with van der Waals surface area (Å²) in [4.78, 5) is 12.6. The van der Waals surface area contributed by atoms with Crippen LogP contribution in [0.1, 0.15) is 43.0 Å². The van der Waals surface area contributed by atoms with Gasteiger partial charge in [0.1, 0.15) is 0 Å². The van der Waals surface area contributed by atoms with E-state index in [1.54, 1.807) is 24.3 Å². The highest BCUT2D eigenvalue weighted by Crippen LogP contribution is 2.26. The Morgan fingerprint density at radius 1 is 1.25 bits per heavy atom. The summed E-state index contributed by atoms with van der Waals surface area (Å²) in [6.07, 6.45) is 4.55. The van der Waals surface area contributed by atoms with Crippen LogP contribution in [-0.4, -0.2) is 17.7 Å². The molecule has 0 heterocycles. The summed E-state index contributed by atoms with van der Waals surface area (Å²) in [5, 5.41) is 3.05. The Balaban J connectivity index is 1.95. The number of carbonyl (C=O) groups is 1. The molecule has 20 heavy (non-hydrogen) atoms. The van der Waals surface area contributed by atoms with Gasteiger partial charge in [-0.2, -0.15) is 8.78 Å². The lowest BCUT2D eigenvalue weighted by Gasteiger charge is -2.29. The van der Waals surface area contributed by atoms with Gasteiger partial charge in [0.2, 0.25) is 0 Å². The van der Waals surface area contributed by atoms with Crippen LogP contribution < -0.4 is 5.32 Å². The predicted molar refractivity (Wildman–Crippen MR) is 77.2 cm³/mol. The summed E-state index contributed by atoms with van der Waals surface area (Å²) in [5.41, 5.74) is 0.529. The molecule has 0 aromatic heterocycles. The summed E-state index contributed by atoms with van der Waals surface area (Å²) in [5.74, 6) is -2.04. The van der Waals surface area contributed by atoms with E-state index in [0.717, 1.165) is 19.3 Å². The Morgan fingerprint density at radius 2 is 1.90 bits per heavy atom. The smallest absolute Gasteiger partial charge is 0.288 e. The van der Waals surface area contributed by atoms with Gasteiger partial charge in [0.15, 0.2) is 0 Å². The van der Waals surface area contributed by atoms with Crippen molar-refractivity contribution in [3.63, 3.8) is 0 Å².